The molecule has 4 heterocycles. The van der Waals surface area contributed by atoms with E-state index in [1.54, 1.807) is 0 Å². The second-order valence-corrected chi connectivity index (χ2v) is 7.55. The van der Waals surface area contributed by atoms with E-state index in [0.717, 1.165) is 28.9 Å². The van der Waals surface area contributed by atoms with E-state index < -0.39 is 0 Å². The lowest BCUT2D eigenvalue weighted by atomic mass is 10.0. The van der Waals surface area contributed by atoms with Crippen molar-refractivity contribution in [1.82, 2.24) is 24.8 Å². The zero-order valence-corrected chi connectivity index (χ0v) is 16.3. The Labute approximate surface area is 165 Å². The lowest BCUT2D eigenvalue weighted by Crippen LogP contribution is -2.33. The predicted octanol–water partition coefficient (Wildman–Crippen LogP) is 3.90. The van der Waals surface area contributed by atoms with Gasteiger partial charge in [-0.15, -0.1) is 0 Å². The summed E-state index contributed by atoms with van der Waals surface area (Å²) in [5, 5.41) is 4.28. The average Bonchev–Trinajstić information content (AvgIpc) is 3.28. The maximum absolute atomic E-state index is 5.71. The molecule has 0 saturated carbocycles. The van der Waals surface area contributed by atoms with Crippen LogP contribution in [0.4, 0.5) is 0 Å². The third-order valence-electron chi connectivity index (χ3n) is 4.74. The predicted molar refractivity (Wildman–Crippen MR) is 111 cm³/mol. The highest BCUT2D eigenvalue weighted by molar-refractivity contribution is 7.80. The number of nitrogens with one attached hydrogen (secondary N) is 1. The summed E-state index contributed by atoms with van der Waals surface area (Å²) in [6, 6.07) is 16.2. The van der Waals surface area contributed by atoms with Crippen molar-refractivity contribution >= 4 is 17.3 Å². The van der Waals surface area contributed by atoms with Gasteiger partial charge < -0.3 is 14.8 Å². The highest BCUT2D eigenvalue weighted by Gasteiger charge is 2.41. The summed E-state index contributed by atoms with van der Waals surface area (Å²) >= 11 is 5.71. The number of hydrogen-bond acceptors (Lipinski definition) is 3. The molecule has 1 aliphatic rings. The molecule has 0 aromatic carbocycles. The zero-order chi connectivity index (χ0) is 18.8. The Morgan fingerprint density at radius 1 is 1.04 bits per heavy atom. The molecular formula is C21H23N5S. The molecule has 27 heavy (non-hydrogen) atoms. The fourth-order valence-electron chi connectivity index (χ4n) is 3.66. The molecule has 0 spiro atoms. The number of rotatable bonds is 5. The first-order valence-corrected chi connectivity index (χ1v) is 9.62. The molecule has 0 aliphatic carbocycles. The Hall–Kier alpha value is -2.73. The molecule has 3 aromatic heterocycles. The fourth-order valence-corrected chi connectivity index (χ4v) is 3.97. The smallest absolute Gasteiger partial charge is 0.170 e. The van der Waals surface area contributed by atoms with Crippen molar-refractivity contribution in [3.05, 3.63) is 78.5 Å². The summed E-state index contributed by atoms with van der Waals surface area (Å²) in [6.45, 7) is 5.31. The molecule has 3 aromatic rings. The fraction of sp³-hybridized carbons (Fsp3) is 0.286. The molecule has 6 heteroatoms. The van der Waals surface area contributed by atoms with Crippen molar-refractivity contribution in [1.29, 1.82) is 0 Å². The van der Waals surface area contributed by atoms with Gasteiger partial charge in [-0.1, -0.05) is 26.0 Å². The molecule has 1 N–H and O–H groups in total. The molecule has 0 amide bonds. The van der Waals surface area contributed by atoms with Gasteiger partial charge in [-0.2, -0.15) is 0 Å². The Bertz CT molecular complexity index is 907. The molecule has 0 radical (unpaired) electrons. The third-order valence-corrected chi connectivity index (χ3v) is 5.09. The minimum atomic E-state index is -0.00480. The third kappa shape index (κ3) is 3.45. The summed E-state index contributed by atoms with van der Waals surface area (Å²) in [5.74, 6) is 1.40. The quantitative estimate of drug-likeness (QED) is 0.684. The topological polar surface area (TPSA) is 46.0 Å². The minimum absolute atomic E-state index is 0.00480. The first kappa shape index (κ1) is 17.7. The molecule has 4 rings (SSSR count). The van der Waals surface area contributed by atoms with Crippen LogP contribution in [0.5, 0.6) is 0 Å². The molecule has 138 valence electrons. The second-order valence-electron chi connectivity index (χ2n) is 7.16. The number of nitrogens with zero attached hydrogens (tertiary/aromatic N) is 4. The largest absolute Gasteiger partial charge is 0.352 e. The van der Waals surface area contributed by atoms with E-state index in [2.05, 4.69) is 63.0 Å². The van der Waals surface area contributed by atoms with E-state index in [0.29, 0.717) is 5.92 Å². The van der Waals surface area contributed by atoms with Crippen LogP contribution in [0.2, 0.25) is 0 Å². The van der Waals surface area contributed by atoms with Crippen molar-refractivity contribution in [2.75, 3.05) is 6.54 Å². The Morgan fingerprint density at radius 3 is 2.48 bits per heavy atom. The van der Waals surface area contributed by atoms with Gasteiger partial charge in [0.15, 0.2) is 5.11 Å². The first-order chi connectivity index (χ1) is 13.1. The van der Waals surface area contributed by atoms with Crippen LogP contribution in [-0.2, 0) is 0 Å². The van der Waals surface area contributed by atoms with Crippen molar-refractivity contribution in [2.45, 2.75) is 25.9 Å². The number of hydrogen-bond donors (Lipinski definition) is 1. The van der Waals surface area contributed by atoms with Gasteiger partial charge in [0.25, 0.3) is 0 Å². The van der Waals surface area contributed by atoms with Crippen LogP contribution in [0.3, 0.4) is 0 Å². The maximum Gasteiger partial charge on any atom is 0.170 e. The van der Waals surface area contributed by atoms with Gasteiger partial charge in [-0.05, 0) is 54.5 Å². The Balaban J connectivity index is 1.81. The van der Waals surface area contributed by atoms with Crippen LogP contribution in [0.25, 0.3) is 5.82 Å². The molecule has 5 nitrogen and oxygen atoms in total. The van der Waals surface area contributed by atoms with Crippen LogP contribution < -0.4 is 5.32 Å². The highest BCUT2D eigenvalue weighted by Crippen LogP contribution is 2.39. The first-order valence-electron chi connectivity index (χ1n) is 9.22. The van der Waals surface area contributed by atoms with Gasteiger partial charge in [0.05, 0.1) is 17.8 Å². The number of pyridine rings is 2. The van der Waals surface area contributed by atoms with Gasteiger partial charge in [0, 0.05) is 30.8 Å². The van der Waals surface area contributed by atoms with Crippen molar-refractivity contribution in [2.24, 2.45) is 5.92 Å². The van der Waals surface area contributed by atoms with Crippen molar-refractivity contribution < 1.29 is 0 Å². The summed E-state index contributed by atoms with van der Waals surface area (Å²) in [6.07, 6.45) is 5.71. The standard InChI is InChI=1S/C21H23N5S/c1-15(2)14-26-20(19(24-21(26)27)16-8-3-5-11-22-16)17-9-7-13-25(17)18-10-4-6-12-23-18/h3-13,15,19-20H,14H2,1-2H3,(H,24,27). The SMILES string of the molecule is CC(C)CN1C(=S)NC(c2ccccn2)C1c1cccn1-c1ccccn1. The van der Waals surface area contributed by atoms with Crippen LogP contribution >= 0.6 is 12.2 Å². The summed E-state index contributed by atoms with van der Waals surface area (Å²) in [7, 11) is 0. The van der Waals surface area contributed by atoms with Crippen LogP contribution in [-0.4, -0.2) is 31.1 Å². The van der Waals surface area contributed by atoms with E-state index in [1.807, 2.05) is 42.7 Å². The number of aromatic nitrogens is 3. The van der Waals surface area contributed by atoms with E-state index in [9.17, 15) is 0 Å². The summed E-state index contributed by atoms with van der Waals surface area (Å²) in [4.78, 5) is 11.4. The molecule has 2 atom stereocenters. The van der Waals surface area contributed by atoms with E-state index in [4.69, 9.17) is 12.2 Å². The van der Waals surface area contributed by atoms with Crippen LogP contribution in [0, 0.1) is 5.92 Å². The monoisotopic (exact) mass is 377 g/mol. The van der Waals surface area contributed by atoms with E-state index in [1.165, 1.54) is 0 Å². The molecule has 0 bridgehead atoms. The molecule has 2 unspecified atom stereocenters. The van der Waals surface area contributed by atoms with Crippen molar-refractivity contribution in [3.63, 3.8) is 0 Å². The van der Waals surface area contributed by atoms with Gasteiger partial charge in [0.2, 0.25) is 0 Å². The molecule has 1 fully saturated rings. The van der Waals surface area contributed by atoms with Crippen molar-refractivity contribution in [3.8, 4) is 5.82 Å². The second kappa shape index (κ2) is 7.48. The van der Waals surface area contributed by atoms with Crippen LogP contribution in [0.15, 0.2) is 67.1 Å². The number of thiocarbonyl (C=S) groups is 1. The highest BCUT2D eigenvalue weighted by atomic mass is 32.1. The summed E-state index contributed by atoms with van der Waals surface area (Å²) < 4.78 is 2.14. The van der Waals surface area contributed by atoms with Gasteiger partial charge >= 0.3 is 0 Å². The molecule has 1 saturated heterocycles. The summed E-state index contributed by atoms with van der Waals surface area (Å²) in [5.41, 5.74) is 2.14. The maximum atomic E-state index is 5.71. The Morgan fingerprint density at radius 2 is 1.81 bits per heavy atom. The van der Waals surface area contributed by atoms with Gasteiger partial charge in [0.1, 0.15) is 5.82 Å². The van der Waals surface area contributed by atoms with E-state index >= 15 is 0 Å². The normalized spacial score (nSPS) is 19.5. The zero-order valence-electron chi connectivity index (χ0n) is 15.5. The minimum Gasteiger partial charge on any atom is -0.352 e. The lowest BCUT2D eigenvalue weighted by molar-refractivity contribution is 0.280. The van der Waals surface area contributed by atoms with E-state index in [-0.39, 0.29) is 12.1 Å². The molecular weight excluding hydrogens is 354 g/mol. The van der Waals surface area contributed by atoms with Gasteiger partial charge in [-0.3, -0.25) is 4.98 Å². The average molecular weight is 378 g/mol. The molecule has 1 aliphatic heterocycles. The Kier molecular flexibility index (Phi) is 4.90. The van der Waals surface area contributed by atoms with Gasteiger partial charge in [-0.25, -0.2) is 4.98 Å². The lowest BCUT2D eigenvalue weighted by Gasteiger charge is -2.30. The van der Waals surface area contributed by atoms with Crippen LogP contribution in [0.1, 0.15) is 37.3 Å².